The van der Waals surface area contributed by atoms with Crippen LogP contribution in [0.1, 0.15) is 32.6 Å². The van der Waals surface area contributed by atoms with Gasteiger partial charge in [-0.15, -0.1) is 0 Å². The van der Waals surface area contributed by atoms with E-state index >= 15 is 0 Å². The van der Waals surface area contributed by atoms with Gasteiger partial charge in [-0.3, -0.25) is 4.79 Å². The van der Waals surface area contributed by atoms with E-state index in [0.29, 0.717) is 45.9 Å². The number of phosphoric ester groups is 1. The summed E-state index contributed by atoms with van der Waals surface area (Å²) in [7, 11) is -2.03. The Balaban J connectivity index is 0.00000256. The van der Waals surface area contributed by atoms with Crippen LogP contribution in [0.25, 0.3) is 6.08 Å². The second kappa shape index (κ2) is 12.2. The van der Waals surface area contributed by atoms with E-state index in [1.54, 1.807) is 39.2 Å². The third-order valence-corrected chi connectivity index (χ3v) is 5.19. The van der Waals surface area contributed by atoms with Crippen LogP contribution in [0, 0.1) is 13.8 Å². The fraction of sp³-hybridized carbons (Fsp3) is 0.286. The quantitative estimate of drug-likeness (QED) is 0.173. The van der Waals surface area contributed by atoms with Crippen LogP contribution in [0.15, 0.2) is 29.8 Å². The second-order valence-electron chi connectivity index (χ2n) is 6.86. The van der Waals surface area contributed by atoms with Crippen molar-refractivity contribution in [2.45, 2.75) is 20.3 Å². The predicted molar refractivity (Wildman–Crippen MR) is 106 cm³/mol. The predicted octanol–water partition coefficient (Wildman–Crippen LogP) is -3.67. The van der Waals surface area contributed by atoms with Crippen molar-refractivity contribution in [2.24, 2.45) is 0 Å². The van der Waals surface area contributed by atoms with Crippen LogP contribution in [0.4, 0.5) is 0 Å². The first kappa shape index (κ1) is 29.4. The number of benzene rings is 2. The first-order chi connectivity index (χ1) is 14.1. The van der Waals surface area contributed by atoms with Crippen LogP contribution in [-0.4, -0.2) is 26.8 Å². The number of ether oxygens (including phenoxy) is 3. The molecule has 0 bridgehead atoms. The van der Waals surface area contributed by atoms with E-state index in [9.17, 15) is 19.1 Å². The number of fused-ring (bicyclic) bond motifs is 1. The van der Waals surface area contributed by atoms with E-state index < -0.39 is 14.6 Å². The second-order valence-corrected chi connectivity index (χ2v) is 8.01. The van der Waals surface area contributed by atoms with Crippen LogP contribution in [-0.2, 0) is 15.5 Å². The average molecular weight is 478 g/mol. The van der Waals surface area contributed by atoms with Crippen molar-refractivity contribution in [1.29, 1.82) is 0 Å². The number of ketones is 1. The molecule has 0 N–H and O–H groups in total. The Morgan fingerprint density at radius 3 is 2.09 bits per heavy atom. The van der Waals surface area contributed by atoms with E-state index in [2.05, 4.69) is 4.52 Å². The number of aryl methyl sites for hydroxylation is 2. The van der Waals surface area contributed by atoms with Gasteiger partial charge in [0, 0.05) is 17.6 Å². The van der Waals surface area contributed by atoms with Crippen LogP contribution < -0.4 is 83.1 Å². The molecule has 0 saturated heterocycles. The van der Waals surface area contributed by atoms with Gasteiger partial charge in [0.05, 0.1) is 22.0 Å². The first-order valence-corrected chi connectivity index (χ1v) is 10.5. The fourth-order valence-corrected chi connectivity index (χ4v) is 3.68. The van der Waals surface area contributed by atoms with Gasteiger partial charge >= 0.3 is 59.1 Å². The number of methoxy groups -OCH3 is 2. The Labute approximate surface area is 231 Å². The molecule has 0 saturated carbocycles. The third kappa shape index (κ3) is 6.93. The summed E-state index contributed by atoms with van der Waals surface area (Å²) in [5, 5.41) is 0. The summed E-state index contributed by atoms with van der Waals surface area (Å²) >= 11 is 0. The van der Waals surface area contributed by atoms with E-state index in [4.69, 9.17) is 14.2 Å². The first-order valence-electron chi connectivity index (χ1n) is 9.03. The summed E-state index contributed by atoms with van der Waals surface area (Å²) in [5.74, 6) is 1.42. The zero-order chi connectivity index (χ0) is 22.1. The van der Waals surface area contributed by atoms with Crippen molar-refractivity contribution in [2.75, 3.05) is 21.0 Å². The minimum atomic E-state index is -5.10. The van der Waals surface area contributed by atoms with Crippen molar-refractivity contribution in [1.82, 2.24) is 0 Å². The molecule has 3 rings (SSSR count). The molecule has 2 aromatic rings. The van der Waals surface area contributed by atoms with Gasteiger partial charge in [0.15, 0.2) is 24.1 Å². The molecule has 0 heterocycles. The molecule has 0 unspecified atom stereocenters. The average Bonchev–Trinajstić information content (AvgIpc) is 2.96. The SMILES string of the molecule is COc1cc2c(cc1OC)C(=O)/C(=C/c1cc(C)c(OCOP(=O)([O-])[O-])c(C)c1)C2.[Na+].[Na+]. The monoisotopic (exact) mass is 478 g/mol. The molecule has 0 aliphatic heterocycles. The number of phosphoric acid groups is 1. The largest absolute Gasteiger partial charge is 1.00 e. The minimum Gasteiger partial charge on any atom is -0.790 e. The molecule has 32 heavy (non-hydrogen) atoms. The fourth-order valence-electron chi connectivity index (χ4n) is 3.50. The number of rotatable bonds is 7. The number of allylic oxidation sites excluding steroid dienone is 1. The van der Waals surface area contributed by atoms with Crippen molar-refractivity contribution < 1.29 is 97.0 Å². The topological polar surface area (TPSA) is 117 Å². The Bertz CT molecular complexity index is 1050. The molecule has 0 atom stereocenters. The van der Waals surface area contributed by atoms with E-state index in [0.717, 1.165) is 11.1 Å². The molecule has 8 nitrogen and oxygen atoms in total. The third-order valence-electron chi connectivity index (χ3n) is 4.76. The van der Waals surface area contributed by atoms with Crippen LogP contribution in [0.3, 0.4) is 0 Å². The van der Waals surface area contributed by atoms with Gasteiger partial charge in [0.2, 0.25) is 0 Å². The zero-order valence-electron chi connectivity index (χ0n) is 19.0. The maximum atomic E-state index is 12.8. The van der Waals surface area contributed by atoms with E-state index in [1.165, 1.54) is 7.11 Å². The molecule has 0 amide bonds. The van der Waals surface area contributed by atoms with Gasteiger partial charge < -0.3 is 33.1 Å². The molecule has 0 radical (unpaired) electrons. The maximum absolute atomic E-state index is 12.8. The summed E-state index contributed by atoms with van der Waals surface area (Å²) in [6, 6.07) is 7.11. The Morgan fingerprint density at radius 1 is 1.00 bits per heavy atom. The van der Waals surface area contributed by atoms with E-state index in [-0.39, 0.29) is 64.9 Å². The number of hydrogen-bond acceptors (Lipinski definition) is 8. The summed E-state index contributed by atoms with van der Waals surface area (Å²) in [5.41, 5.74) is 4.31. The Morgan fingerprint density at radius 2 is 1.56 bits per heavy atom. The molecule has 2 aromatic carbocycles. The molecule has 0 spiro atoms. The molecule has 11 heteroatoms. The molecule has 0 aromatic heterocycles. The molecule has 1 aliphatic rings. The van der Waals surface area contributed by atoms with E-state index in [1.807, 2.05) is 12.1 Å². The number of carbonyl (C=O) groups excluding carboxylic acids is 1. The summed E-state index contributed by atoms with van der Waals surface area (Å²) in [6.07, 6.45) is 2.28. The van der Waals surface area contributed by atoms with Crippen LogP contribution >= 0.6 is 7.82 Å². The maximum Gasteiger partial charge on any atom is 1.00 e. The van der Waals surface area contributed by atoms with Gasteiger partial charge in [-0.05, 0) is 66.4 Å². The zero-order valence-corrected chi connectivity index (χ0v) is 23.9. The summed E-state index contributed by atoms with van der Waals surface area (Å²) in [6.45, 7) is 2.86. The number of hydrogen-bond donors (Lipinski definition) is 0. The molecule has 0 fully saturated rings. The number of Topliss-reactive ketones (excluding diaryl/α,β-unsaturated/α-hetero) is 1. The molecule has 160 valence electrons. The van der Waals surface area contributed by atoms with Crippen molar-refractivity contribution in [3.63, 3.8) is 0 Å². The van der Waals surface area contributed by atoms with Crippen molar-refractivity contribution in [3.05, 3.63) is 57.7 Å². The number of carbonyl (C=O) groups is 1. The van der Waals surface area contributed by atoms with Gasteiger partial charge in [-0.25, -0.2) is 0 Å². The van der Waals surface area contributed by atoms with Crippen molar-refractivity contribution in [3.8, 4) is 17.2 Å². The standard InChI is InChI=1S/C21H23O8P.2Na/c1-12-5-14(6-13(2)21(12)28-11-29-30(23,24)25)7-16-8-15-9-18(26-3)19(27-4)10-17(15)20(16)22;;/h5-7,9-10H,8,11H2,1-4H3,(H2,23,24,25);;/q;2*+1/p-2/b16-7+;;. The smallest absolute Gasteiger partial charge is 0.790 e. The van der Waals surface area contributed by atoms with Crippen LogP contribution in [0.5, 0.6) is 17.2 Å². The Kier molecular flexibility index (Phi) is 11.2. The molecular formula is C21H21Na2O8P. The van der Waals surface area contributed by atoms with Gasteiger partial charge in [-0.1, -0.05) is 0 Å². The molecular weight excluding hydrogens is 457 g/mol. The van der Waals surface area contributed by atoms with Gasteiger partial charge in [0.1, 0.15) is 5.75 Å². The summed E-state index contributed by atoms with van der Waals surface area (Å²) in [4.78, 5) is 34.0. The minimum absolute atomic E-state index is 0. The van der Waals surface area contributed by atoms with Gasteiger partial charge in [0.25, 0.3) is 0 Å². The normalized spacial score (nSPS) is 13.8. The van der Waals surface area contributed by atoms with Crippen LogP contribution in [0.2, 0.25) is 0 Å². The molecule has 1 aliphatic carbocycles. The van der Waals surface area contributed by atoms with Gasteiger partial charge in [-0.2, -0.15) is 0 Å². The summed E-state index contributed by atoms with van der Waals surface area (Å²) < 4.78 is 30.5. The Hall–Kier alpha value is -0.640. The van der Waals surface area contributed by atoms with Crippen molar-refractivity contribution >= 4 is 19.7 Å².